The second-order valence-corrected chi connectivity index (χ2v) is 4.61. The standard InChI is InChI=1S/C12H16OS/c1-9(2)12(14-3)11(13)10-7-5-4-6-8-10/h4-9,12H,1-3H3. The van der Waals surface area contributed by atoms with Crippen LogP contribution in [0.1, 0.15) is 24.2 Å². The highest BCUT2D eigenvalue weighted by Gasteiger charge is 2.21. The SMILES string of the molecule is CSC(C(=O)c1ccccc1)C(C)C. The van der Waals surface area contributed by atoms with E-state index < -0.39 is 0 Å². The van der Waals surface area contributed by atoms with Gasteiger partial charge >= 0.3 is 0 Å². The lowest BCUT2D eigenvalue weighted by Crippen LogP contribution is -2.22. The molecule has 0 amide bonds. The molecule has 2 heteroatoms. The van der Waals surface area contributed by atoms with Crippen LogP contribution in [0.2, 0.25) is 0 Å². The normalized spacial score (nSPS) is 12.9. The summed E-state index contributed by atoms with van der Waals surface area (Å²) in [5, 5.41) is 0.0809. The van der Waals surface area contributed by atoms with Crippen LogP contribution < -0.4 is 0 Å². The number of benzene rings is 1. The number of carbonyl (C=O) groups is 1. The number of carbonyl (C=O) groups excluding carboxylic acids is 1. The van der Waals surface area contributed by atoms with E-state index in [2.05, 4.69) is 13.8 Å². The van der Waals surface area contributed by atoms with E-state index in [0.717, 1.165) is 5.56 Å². The Labute approximate surface area is 89.9 Å². The molecule has 0 aromatic heterocycles. The molecular weight excluding hydrogens is 192 g/mol. The highest BCUT2D eigenvalue weighted by molar-refractivity contribution is 8.00. The van der Waals surface area contributed by atoms with Crippen molar-refractivity contribution in [3.63, 3.8) is 0 Å². The Hall–Kier alpha value is -0.760. The van der Waals surface area contributed by atoms with Crippen molar-refractivity contribution in [2.24, 2.45) is 5.92 Å². The van der Waals surface area contributed by atoms with Gasteiger partial charge in [-0.2, -0.15) is 11.8 Å². The van der Waals surface area contributed by atoms with E-state index in [0.29, 0.717) is 5.92 Å². The van der Waals surface area contributed by atoms with Gasteiger partial charge in [-0.15, -0.1) is 0 Å². The summed E-state index contributed by atoms with van der Waals surface area (Å²) in [4.78, 5) is 12.0. The van der Waals surface area contributed by atoms with Crippen LogP contribution >= 0.6 is 11.8 Å². The molecule has 0 bridgehead atoms. The second-order valence-electron chi connectivity index (χ2n) is 3.63. The van der Waals surface area contributed by atoms with Gasteiger partial charge in [0.15, 0.2) is 5.78 Å². The van der Waals surface area contributed by atoms with Crippen molar-refractivity contribution in [2.75, 3.05) is 6.26 Å². The fraction of sp³-hybridized carbons (Fsp3) is 0.417. The van der Waals surface area contributed by atoms with Crippen molar-refractivity contribution in [3.8, 4) is 0 Å². The summed E-state index contributed by atoms with van der Waals surface area (Å²) >= 11 is 1.63. The van der Waals surface area contributed by atoms with E-state index in [1.807, 2.05) is 36.6 Å². The van der Waals surface area contributed by atoms with Gasteiger partial charge in [-0.1, -0.05) is 44.2 Å². The van der Waals surface area contributed by atoms with Gasteiger partial charge in [-0.25, -0.2) is 0 Å². The molecule has 0 saturated carbocycles. The number of hydrogen-bond acceptors (Lipinski definition) is 2. The monoisotopic (exact) mass is 208 g/mol. The van der Waals surface area contributed by atoms with Crippen LogP contribution in [0.15, 0.2) is 30.3 Å². The largest absolute Gasteiger partial charge is 0.293 e. The van der Waals surface area contributed by atoms with Crippen molar-refractivity contribution in [3.05, 3.63) is 35.9 Å². The van der Waals surface area contributed by atoms with Crippen LogP contribution in [0.25, 0.3) is 0 Å². The smallest absolute Gasteiger partial charge is 0.176 e. The molecule has 1 nitrogen and oxygen atoms in total. The molecule has 1 rings (SSSR count). The minimum atomic E-state index is 0.0809. The molecule has 1 atom stereocenters. The molecule has 1 aromatic carbocycles. The minimum Gasteiger partial charge on any atom is -0.293 e. The average Bonchev–Trinajstić information content (AvgIpc) is 2.19. The zero-order chi connectivity index (χ0) is 10.6. The summed E-state index contributed by atoms with van der Waals surface area (Å²) in [6, 6.07) is 9.51. The first-order valence-electron chi connectivity index (χ1n) is 4.79. The van der Waals surface area contributed by atoms with Crippen LogP contribution in [0.5, 0.6) is 0 Å². The predicted octanol–water partition coefficient (Wildman–Crippen LogP) is 3.26. The van der Waals surface area contributed by atoms with Gasteiger partial charge in [0.1, 0.15) is 0 Å². The second kappa shape index (κ2) is 5.20. The molecule has 0 fully saturated rings. The Bertz CT molecular complexity index is 292. The van der Waals surface area contributed by atoms with Gasteiger partial charge in [0.05, 0.1) is 5.25 Å². The zero-order valence-electron chi connectivity index (χ0n) is 8.86. The number of ketones is 1. The summed E-state index contributed by atoms with van der Waals surface area (Å²) in [7, 11) is 0. The Balaban J connectivity index is 2.84. The average molecular weight is 208 g/mol. The molecule has 0 saturated heterocycles. The predicted molar refractivity (Wildman–Crippen MR) is 62.9 cm³/mol. The van der Waals surface area contributed by atoms with Crippen LogP contribution in [0.3, 0.4) is 0 Å². The molecule has 0 aliphatic carbocycles. The van der Waals surface area contributed by atoms with Gasteiger partial charge in [-0.3, -0.25) is 4.79 Å². The summed E-state index contributed by atoms with van der Waals surface area (Å²) in [6.07, 6.45) is 1.99. The summed E-state index contributed by atoms with van der Waals surface area (Å²) in [5.41, 5.74) is 0.820. The van der Waals surface area contributed by atoms with Gasteiger partial charge in [0.2, 0.25) is 0 Å². The van der Waals surface area contributed by atoms with Crippen LogP contribution in [-0.4, -0.2) is 17.3 Å². The first-order valence-corrected chi connectivity index (χ1v) is 6.07. The van der Waals surface area contributed by atoms with E-state index in [-0.39, 0.29) is 11.0 Å². The van der Waals surface area contributed by atoms with E-state index in [1.165, 1.54) is 0 Å². The summed E-state index contributed by atoms with van der Waals surface area (Å²) in [5.74, 6) is 0.630. The van der Waals surface area contributed by atoms with Gasteiger partial charge in [0, 0.05) is 5.56 Å². The molecule has 0 aliphatic heterocycles. The number of hydrogen-bond donors (Lipinski definition) is 0. The quantitative estimate of drug-likeness (QED) is 0.706. The lowest BCUT2D eigenvalue weighted by atomic mass is 10.0. The maximum Gasteiger partial charge on any atom is 0.176 e. The minimum absolute atomic E-state index is 0.0809. The first kappa shape index (κ1) is 11.3. The molecule has 14 heavy (non-hydrogen) atoms. The molecule has 0 heterocycles. The lowest BCUT2D eigenvalue weighted by molar-refractivity contribution is 0.0976. The molecule has 1 aromatic rings. The van der Waals surface area contributed by atoms with Crippen LogP contribution in [0.4, 0.5) is 0 Å². The fourth-order valence-electron chi connectivity index (χ4n) is 1.45. The van der Waals surface area contributed by atoms with E-state index in [9.17, 15) is 4.79 Å². The van der Waals surface area contributed by atoms with E-state index >= 15 is 0 Å². The Morgan fingerprint density at radius 3 is 2.21 bits per heavy atom. The lowest BCUT2D eigenvalue weighted by Gasteiger charge is -2.16. The summed E-state index contributed by atoms with van der Waals surface area (Å²) in [6.45, 7) is 4.17. The van der Waals surface area contributed by atoms with Crippen molar-refractivity contribution in [1.82, 2.24) is 0 Å². The molecule has 1 unspecified atom stereocenters. The van der Waals surface area contributed by atoms with Crippen molar-refractivity contribution in [1.29, 1.82) is 0 Å². The van der Waals surface area contributed by atoms with Gasteiger partial charge in [-0.05, 0) is 12.2 Å². The number of Topliss-reactive ketones (excluding diaryl/α,β-unsaturated/α-hetero) is 1. The molecule has 0 radical (unpaired) electrons. The maximum atomic E-state index is 12.0. The highest BCUT2D eigenvalue weighted by atomic mass is 32.2. The van der Waals surface area contributed by atoms with E-state index in [1.54, 1.807) is 11.8 Å². The molecule has 0 N–H and O–H groups in total. The Morgan fingerprint density at radius 2 is 1.79 bits per heavy atom. The third-order valence-electron chi connectivity index (χ3n) is 2.18. The summed E-state index contributed by atoms with van der Waals surface area (Å²) < 4.78 is 0. The van der Waals surface area contributed by atoms with Crippen molar-refractivity contribution < 1.29 is 4.79 Å². The maximum absolute atomic E-state index is 12.0. The molecule has 76 valence electrons. The van der Waals surface area contributed by atoms with Crippen LogP contribution in [-0.2, 0) is 0 Å². The van der Waals surface area contributed by atoms with Gasteiger partial charge < -0.3 is 0 Å². The number of thioether (sulfide) groups is 1. The number of rotatable bonds is 4. The highest BCUT2D eigenvalue weighted by Crippen LogP contribution is 2.21. The third-order valence-corrected chi connectivity index (χ3v) is 3.44. The molecular formula is C12H16OS. The molecule has 0 aliphatic rings. The fourth-order valence-corrected chi connectivity index (χ4v) is 2.34. The Kier molecular flexibility index (Phi) is 4.21. The Morgan fingerprint density at radius 1 is 1.21 bits per heavy atom. The van der Waals surface area contributed by atoms with Gasteiger partial charge in [0.25, 0.3) is 0 Å². The van der Waals surface area contributed by atoms with E-state index in [4.69, 9.17) is 0 Å². The third kappa shape index (κ3) is 2.61. The van der Waals surface area contributed by atoms with Crippen molar-refractivity contribution in [2.45, 2.75) is 19.1 Å². The zero-order valence-corrected chi connectivity index (χ0v) is 9.67. The molecule has 0 spiro atoms. The van der Waals surface area contributed by atoms with Crippen LogP contribution in [0, 0.1) is 5.92 Å². The van der Waals surface area contributed by atoms with Crippen molar-refractivity contribution >= 4 is 17.5 Å². The first-order chi connectivity index (χ1) is 6.66. The topological polar surface area (TPSA) is 17.1 Å².